The zero-order valence-electron chi connectivity index (χ0n) is 9.29. The lowest BCUT2D eigenvalue weighted by Crippen LogP contribution is -2.20. The molecular weight excluding hydrogens is 225 g/mol. The predicted octanol–water partition coefficient (Wildman–Crippen LogP) is 1.51. The van der Waals surface area contributed by atoms with Gasteiger partial charge in [0, 0.05) is 26.1 Å². The molecule has 2 rings (SSSR count). The van der Waals surface area contributed by atoms with Gasteiger partial charge in [-0.05, 0) is 12.1 Å². The molecule has 0 saturated carbocycles. The van der Waals surface area contributed by atoms with E-state index in [9.17, 15) is 9.18 Å². The molecule has 2 N–H and O–H groups in total. The molecule has 1 aromatic carbocycles. The van der Waals surface area contributed by atoms with Gasteiger partial charge in [0.2, 0.25) is 5.91 Å². The van der Waals surface area contributed by atoms with E-state index >= 15 is 0 Å². The molecule has 0 aliphatic heterocycles. The van der Waals surface area contributed by atoms with E-state index in [1.807, 2.05) is 0 Å². The average Bonchev–Trinajstić information content (AvgIpc) is 2.70. The Bertz CT molecular complexity index is 538. The van der Waals surface area contributed by atoms with Crippen LogP contribution in [-0.2, 0) is 4.79 Å². The van der Waals surface area contributed by atoms with Gasteiger partial charge in [-0.15, -0.1) is 0 Å². The molecule has 5 nitrogen and oxygen atoms in total. The van der Waals surface area contributed by atoms with Crippen molar-refractivity contribution in [1.29, 1.82) is 0 Å². The van der Waals surface area contributed by atoms with Crippen LogP contribution in [0.3, 0.4) is 0 Å². The molecule has 0 fully saturated rings. The van der Waals surface area contributed by atoms with Gasteiger partial charge in [0.05, 0.1) is 0 Å². The predicted molar refractivity (Wildman–Crippen MR) is 61.1 cm³/mol. The van der Waals surface area contributed by atoms with Crippen LogP contribution in [0.25, 0.3) is 11.1 Å². The molecule has 0 aliphatic carbocycles. The van der Waals surface area contributed by atoms with Crippen LogP contribution in [0.15, 0.2) is 22.6 Å². The summed E-state index contributed by atoms with van der Waals surface area (Å²) < 4.78 is 18.2. The summed E-state index contributed by atoms with van der Waals surface area (Å²) in [5, 5.41) is 5.36. The molecule has 1 heterocycles. The maximum Gasteiger partial charge on any atom is 0.295 e. The molecule has 6 heteroatoms. The van der Waals surface area contributed by atoms with E-state index in [1.165, 1.54) is 18.2 Å². The van der Waals surface area contributed by atoms with Crippen molar-refractivity contribution in [2.75, 3.05) is 18.9 Å². The maximum absolute atomic E-state index is 12.9. The maximum atomic E-state index is 12.9. The Kier molecular flexibility index (Phi) is 3.22. The Labute approximate surface area is 97.0 Å². The number of carbonyl (C=O) groups excluding carboxylic acids is 1. The van der Waals surface area contributed by atoms with Gasteiger partial charge in [-0.3, -0.25) is 4.79 Å². The number of nitrogens with zero attached hydrogens (tertiary/aromatic N) is 1. The van der Waals surface area contributed by atoms with Crippen molar-refractivity contribution in [1.82, 2.24) is 10.3 Å². The van der Waals surface area contributed by atoms with E-state index < -0.39 is 0 Å². The molecule has 0 saturated heterocycles. The van der Waals surface area contributed by atoms with Crippen LogP contribution in [0.2, 0.25) is 0 Å². The Hall–Kier alpha value is -2.11. The molecule has 0 spiro atoms. The molecule has 2 aromatic rings. The zero-order chi connectivity index (χ0) is 12.3. The number of aromatic nitrogens is 1. The van der Waals surface area contributed by atoms with Gasteiger partial charge in [0.1, 0.15) is 11.3 Å². The van der Waals surface area contributed by atoms with Gasteiger partial charge < -0.3 is 15.1 Å². The first-order valence-corrected chi connectivity index (χ1v) is 5.19. The number of nitrogens with one attached hydrogen (secondary N) is 2. The minimum atomic E-state index is -0.359. The van der Waals surface area contributed by atoms with Crippen molar-refractivity contribution < 1.29 is 13.6 Å². The number of oxazole rings is 1. The van der Waals surface area contributed by atoms with Crippen molar-refractivity contribution in [3.63, 3.8) is 0 Å². The SMILES string of the molecule is CNC(=O)CCNc1nc2cc(F)ccc2o1. The van der Waals surface area contributed by atoms with Crippen molar-refractivity contribution in [2.45, 2.75) is 6.42 Å². The topological polar surface area (TPSA) is 67.2 Å². The fourth-order valence-electron chi connectivity index (χ4n) is 1.38. The van der Waals surface area contributed by atoms with E-state index in [-0.39, 0.29) is 17.7 Å². The number of halogens is 1. The summed E-state index contributed by atoms with van der Waals surface area (Å²) in [7, 11) is 1.57. The highest BCUT2D eigenvalue weighted by Crippen LogP contribution is 2.19. The van der Waals surface area contributed by atoms with Gasteiger partial charge in [0.25, 0.3) is 6.01 Å². The Morgan fingerprint density at radius 3 is 3.12 bits per heavy atom. The highest BCUT2D eigenvalue weighted by Gasteiger charge is 2.06. The van der Waals surface area contributed by atoms with Crippen molar-refractivity contribution in [3.05, 3.63) is 24.0 Å². The standard InChI is InChI=1S/C11H12FN3O2/c1-13-10(16)4-5-14-11-15-8-6-7(12)2-3-9(8)17-11/h2-3,6H,4-5H2,1H3,(H,13,16)(H,14,15). The first-order valence-electron chi connectivity index (χ1n) is 5.19. The summed E-state index contributed by atoms with van der Waals surface area (Å²) in [6, 6.07) is 4.40. The summed E-state index contributed by atoms with van der Waals surface area (Å²) in [5.41, 5.74) is 0.960. The first-order chi connectivity index (χ1) is 8.19. The molecule has 90 valence electrons. The van der Waals surface area contributed by atoms with Crippen LogP contribution >= 0.6 is 0 Å². The number of hydrogen-bond donors (Lipinski definition) is 2. The molecule has 1 aromatic heterocycles. The van der Waals surface area contributed by atoms with Crippen molar-refractivity contribution in [2.24, 2.45) is 0 Å². The number of rotatable bonds is 4. The summed E-state index contributed by atoms with van der Waals surface area (Å²) in [6.45, 7) is 0.412. The van der Waals surface area contributed by atoms with Gasteiger partial charge >= 0.3 is 0 Å². The van der Waals surface area contributed by atoms with E-state index in [1.54, 1.807) is 7.05 Å². The minimum Gasteiger partial charge on any atom is -0.424 e. The van der Waals surface area contributed by atoms with E-state index in [4.69, 9.17) is 4.42 Å². The fraction of sp³-hybridized carbons (Fsp3) is 0.273. The second-order valence-corrected chi connectivity index (χ2v) is 3.48. The third-order valence-electron chi connectivity index (χ3n) is 2.26. The fourth-order valence-corrected chi connectivity index (χ4v) is 1.38. The summed E-state index contributed by atoms with van der Waals surface area (Å²) in [5.74, 6) is -0.428. The van der Waals surface area contributed by atoms with Gasteiger partial charge in [-0.25, -0.2) is 4.39 Å². The number of amides is 1. The lowest BCUT2D eigenvalue weighted by molar-refractivity contribution is -0.120. The summed E-state index contributed by atoms with van der Waals surface area (Å²) >= 11 is 0. The normalized spacial score (nSPS) is 10.5. The summed E-state index contributed by atoms with van der Waals surface area (Å²) in [6.07, 6.45) is 0.323. The smallest absolute Gasteiger partial charge is 0.295 e. The van der Waals surface area contributed by atoms with Crippen molar-refractivity contribution >= 4 is 23.0 Å². The largest absolute Gasteiger partial charge is 0.424 e. The second kappa shape index (κ2) is 4.82. The van der Waals surface area contributed by atoms with Crippen LogP contribution in [0.5, 0.6) is 0 Å². The quantitative estimate of drug-likeness (QED) is 0.846. The minimum absolute atomic E-state index is 0.0698. The van der Waals surface area contributed by atoms with E-state index in [0.29, 0.717) is 24.1 Å². The molecule has 1 amide bonds. The highest BCUT2D eigenvalue weighted by molar-refractivity contribution is 5.76. The molecular formula is C11H12FN3O2. The summed E-state index contributed by atoms with van der Waals surface area (Å²) in [4.78, 5) is 15.0. The molecule has 17 heavy (non-hydrogen) atoms. The number of benzene rings is 1. The first kappa shape index (κ1) is 11.4. The Morgan fingerprint density at radius 1 is 1.53 bits per heavy atom. The number of anilines is 1. The van der Waals surface area contributed by atoms with Crippen LogP contribution in [0.4, 0.5) is 10.4 Å². The van der Waals surface area contributed by atoms with Gasteiger partial charge in [0.15, 0.2) is 5.58 Å². The molecule has 0 bridgehead atoms. The molecule has 0 aliphatic rings. The zero-order valence-corrected chi connectivity index (χ0v) is 9.29. The van der Waals surface area contributed by atoms with E-state index in [2.05, 4.69) is 15.6 Å². The van der Waals surface area contributed by atoms with Crippen LogP contribution in [0, 0.1) is 5.82 Å². The second-order valence-electron chi connectivity index (χ2n) is 3.48. The monoisotopic (exact) mass is 237 g/mol. The molecule has 0 atom stereocenters. The highest BCUT2D eigenvalue weighted by atomic mass is 19.1. The Balaban J connectivity index is 2.02. The van der Waals surface area contributed by atoms with Crippen molar-refractivity contribution in [3.8, 4) is 0 Å². The van der Waals surface area contributed by atoms with E-state index in [0.717, 1.165) is 0 Å². The lowest BCUT2D eigenvalue weighted by Gasteiger charge is -1.99. The molecule has 0 radical (unpaired) electrons. The van der Waals surface area contributed by atoms with Gasteiger partial charge in [-0.2, -0.15) is 4.98 Å². The molecule has 0 unspecified atom stereocenters. The third kappa shape index (κ3) is 2.72. The number of hydrogen-bond acceptors (Lipinski definition) is 4. The average molecular weight is 237 g/mol. The van der Waals surface area contributed by atoms with Crippen LogP contribution < -0.4 is 10.6 Å². The van der Waals surface area contributed by atoms with Gasteiger partial charge in [-0.1, -0.05) is 0 Å². The Morgan fingerprint density at radius 2 is 2.35 bits per heavy atom. The third-order valence-corrected chi connectivity index (χ3v) is 2.26. The van der Waals surface area contributed by atoms with Crippen LogP contribution in [0.1, 0.15) is 6.42 Å². The van der Waals surface area contributed by atoms with Crippen LogP contribution in [-0.4, -0.2) is 24.5 Å². The number of fused-ring (bicyclic) bond motifs is 1. The lowest BCUT2D eigenvalue weighted by atomic mass is 10.3. The number of carbonyl (C=O) groups is 1.